The van der Waals surface area contributed by atoms with Crippen LogP contribution < -0.4 is 20.3 Å². The number of benzene rings is 3. The van der Waals surface area contributed by atoms with E-state index in [-0.39, 0.29) is 17.9 Å². The second-order valence-corrected chi connectivity index (χ2v) is 14.1. The summed E-state index contributed by atoms with van der Waals surface area (Å²) >= 11 is 0. The quantitative estimate of drug-likeness (QED) is 0.243. The van der Waals surface area contributed by atoms with Crippen molar-refractivity contribution in [2.75, 3.05) is 87.8 Å². The molecule has 3 amide bonds. The molecule has 3 aliphatic heterocycles. The average Bonchev–Trinajstić information content (AvgIpc) is 3.12. The van der Waals surface area contributed by atoms with Crippen molar-refractivity contribution < 1.29 is 23.8 Å². The van der Waals surface area contributed by atoms with Crippen molar-refractivity contribution in [1.82, 2.24) is 14.8 Å². The van der Waals surface area contributed by atoms with Gasteiger partial charge in [0.2, 0.25) is 0 Å². The molecule has 2 saturated heterocycles. The smallest absolute Gasteiger partial charge is 0.323 e. The maximum absolute atomic E-state index is 13.7. The van der Waals surface area contributed by atoms with Crippen molar-refractivity contribution in [3.63, 3.8) is 0 Å². The topological polar surface area (TPSA) is 109 Å². The molecule has 50 heavy (non-hydrogen) atoms. The third kappa shape index (κ3) is 7.61. The van der Waals surface area contributed by atoms with Gasteiger partial charge < -0.3 is 29.7 Å². The molecule has 2 N–H and O–H groups in total. The Balaban J connectivity index is 1.12. The van der Waals surface area contributed by atoms with Gasteiger partial charge in [-0.15, -0.1) is 0 Å². The molecule has 1 aromatic heterocycles. The second-order valence-electron chi connectivity index (χ2n) is 14.1. The van der Waals surface area contributed by atoms with E-state index < -0.39 is 6.03 Å². The molecule has 3 aliphatic rings. The molecule has 0 saturated carbocycles. The molecule has 3 aromatic carbocycles. The zero-order valence-corrected chi connectivity index (χ0v) is 29.2. The molecule has 0 spiro atoms. The van der Waals surface area contributed by atoms with Gasteiger partial charge >= 0.3 is 6.03 Å². The Hall–Kier alpha value is -4.55. The number of nitrogens with zero attached hydrogens (tertiary/aromatic N) is 4. The summed E-state index contributed by atoms with van der Waals surface area (Å²) in [6.45, 7) is 14.8. The summed E-state index contributed by atoms with van der Waals surface area (Å²) in [6, 6.07) is 19.8. The number of rotatable bonds is 8. The van der Waals surface area contributed by atoms with E-state index in [0.29, 0.717) is 42.6 Å². The Morgan fingerprint density at radius 3 is 2.22 bits per heavy atom. The lowest BCUT2D eigenvalue weighted by Crippen LogP contribution is -2.46. The summed E-state index contributed by atoms with van der Waals surface area (Å²) in [4.78, 5) is 38.1. The number of fused-ring (bicyclic) bond motifs is 2. The highest BCUT2D eigenvalue weighted by molar-refractivity contribution is 6.10. The van der Waals surface area contributed by atoms with Crippen LogP contribution in [0.2, 0.25) is 0 Å². The van der Waals surface area contributed by atoms with Crippen LogP contribution in [0, 0.1) is 0 Å². The maximum Gasteiger partial charge on any atom is 0.323 e. The van der Waals surface area contributed by atoms with Crippen molar-refractivity contribution in [2.24, 2.45) is 0 Å². The van der Waals surface area contributed by atoms with Crippen LogP contribution in [0.25, 0.3) is 21.9 Å². The van der Waals surface area contributed by atoms with Crippen molar-refractivity contribution in [3.8, 4) is 16.9 Å². The van der Waals surface area contributed by atoms with Gasteiger partial charge in [0.05, 0.1) is 49.2 Å². The number of urea groups is 1. The number of hydrogen-bond donors (Lipinski definition) is 2. The molecular weight excluding hydrogens is 632 g/mol. The fraction of sp³-hybridized carbons (Fsp3) is 0.410. The molecule has 4 aromatic rings. The molecule has 11 heteroatoms. The average molecular weight is 679 g/mol. The van der Waals surface area contributed by atoms with Gasteiger partial charge in [-0.2, -0.15) is 0 Å². The first-order chi connectivity index (χ1) is 24.2. The van der Waals surface area contributed by atoms with Crippen LogP contribution >= 0.6 is 0 Å². The van der Waals surface area contributed by atoms with Crippen molar-refractivity contribution in [2.45, 2.75) is 32.7 Å². The summed E-state index contributed by atoms with van der Waals surface area (Å²) in [5.41, 5.74) is 5.72. The predicted octanol–water partition coefficient (Wildman–Crippen LogP) is 5.73. The summed E-state index contributed by atoms with van der Waals surface area (Å²) < 4.78 is 17.0. The largest absolute Gasteiger partial charge is 0.479 e. The molecule has 2 fully saturated rings. The highest BCUT2D eigenvalue weighted by atomic mass is 16.5. The summed E-state index contributed by atoms with van der Waals surface area (Å²) in [5.74, 6) is 0.403. The molecule has 262 valence electrons. The molecule has 7 rings (SSSR count). The Morgan fingerprint density at radius 1 is 0.820 bits per heavy atom. The monoisotopic (exact) mass is 678 g/mol. The zero-order chi connectivity index (χ0) is 34.7. The van der Waals surface area contributed by atoms with Crippen LogP contribution in [0.5, 0.6) is 5.75 Å². The number of morpholine rings is 2. The molecule has 11 nitrogen and oxygen atoms in total. The molecular formula is C39H46N6O5. The number of carbonyl (C=O) groups excluding carboxylic acids is 2. The maximum atomic E-state index is 13.7. The highest BCUT2D eigenvalue weighted by Crippen LogP contribution is 2.43. The Kier molecular flexibility index (Phi) is 10.0. The molecule has 0 unspecified atom stereocenters. The van der Waals surface area contributed by atoms with Gasteiger partial charge in [0.15, 0.2) is 12.4 Å². The fourth-order valence-electron chi connectivity index (χ4n) is 6.75. The first kappa shape index (κ1) is 33.9. The lowest BCUT2D eigenvalue weighted by atomic mass is 9.86. The normalized spacial score (nSPS) is 17.3. The third-order valence-electron chi connectivity index (χ3n) is 9.66. The van der Waals surface area contributed by atoms with Gasteiger partial charge in [-0.3, -0.25) is 19.6 Å². The van der Waals surface area contributed by atoms with Gasteiger partial charge in [0, 0.05) is 63.0 Å². The van der Waals surface area contributed by atoms with E-state index in [1.807, 2.05) is 48.7 Å². The Labute approximate surface area is 293 Å². The molecule has 4 heterocycles. The van der Waals surface area contributed by atoms with Crippen LogP contribution in [0.4, 0.5) is 21.9 Å². The Bertz CT molecular complexity index is 1840. The SMILES string of the molecule is CC(C)(C)c1cc(NC(=O)Nc2ccc(-c3ccc(CN4CCOCC4)nc3)c3ccccc23)c2c(c1)N(CCN1CCOCC1)C(=O)CO2. The number of anilines is 3. The van der Waals surface area contributed by atoms with Crippen molar-refractivity contribution >= 4 is 39.8 Å². The van der Waals surface area contributed by atoms with Crippen LogP contribution in [0.1, 0.15) is 32.0 Å². The number of ether oxygens (including phenoxy) is 3. The Morgan fingerprint density at radius 2 is 1.52 bits per heavy atom. The van der Waals surface area contributed by atoms with Crippen LogP contribution in [0.3, 0.4) is 0 Å². The molecule has 0 atom stereocenters. The van der Waals surface area contributed by atoms with E-state index in [1.54, 1.807) is 4.90 Å². The van der Waals surface area contributed by atoms with Crippen molar-refractivity contribution in [1.29, 1.82) is 0 Å². The van der Waals surface area contributed by atoms with E-state index in [2.05, 4.69) is 59.4 Å². The summed E-state index contributed by atoms with van der Waals surface area (Å²) in [6.07, 6.45) is 1.93. The van der Waals surface area contributed by atoms with E-state index in [4.69, 9.17) is 19.2 Å². The minimum atomic E-state index is -0.398. The van der Waals surface area contributed by atoms with Crippen molar-refractivity contribution in [3.05, 3.63) is 78.1 Å². The lowest BCUT2D eigenvalue weighted by Gasteiger charge is -2.35. The van der Waals surface area contributed by atoms with Gasteiger partial charge in [0.25, 0.3) is 5.91 Å². The van der Waals surface area contributed by atoms with E-state index in [9.17, 15) is 9.59 Å². The van der Waals surface area contributed by atoms with Gasteiger partial charge in [-0.1, -0.05) is 57.2 Å². The first-order valence-electron chi connectivity index (χ1n) is 17.5. The molecule has 0 aliphatic carbocycles. The number of aromatic nitrogens is 1. The second kappa shape index (κ2) is 14.7. The zero-order valence-electron chi connectivity index (χ0n) is 29.2. The number of hydrogen-bond acceptors (Lipinski definition) is 8. The lowest BCUT2D eigenvalue weighted by molar-refractivity contribution is -0.121. The minimum absolute atomic E-state index is 0.0869. The third-order valence-corrected chi connectivity index (χ3v) is 9.66. The molecule has 0 radical (unpaired) electrons. The van der Waals surface area contributed by atoms with E-state index in [0.717, 1.165) is 85.6 Å². The molecule has 0 bridgehead atoms. The summed E-state index contributed by atoms with van der Waals surface area (Å²) in [5, 5.41) is 8.07. The summed E-state index contributed by atoms with van der Waals surface area (Å²) in [7, 11) is 0. The van der Waals surface area contributed by atoms with Crippen LogP contribution in [0.15, 0.2) is 66.9 Å². The predicted molar refractivity (Wildman–Crippen MR) is 196 cm³/mol. The number of carbonyl (C=O) groups is 2. The first-order valence-corrected chi connectivity index (χ1v) is 17.5. The van der Waals surface area contributed by atoms with E-state index in [1.165, 1.54) is 0 Å². The highest BCUT2D eigenvalue weighted by Gasteiger charge is 2.31. The standard InChI is InChI=1S/C39H46N6O5/c1-39(2,3)28-22-34(37-35(23-28)45(36(46)26-50-37)13-12-43-14-18-48-19-15-43)42-38(47)41-33-11-10-30(31-6-4-5-7-32(31)33)27-8-9-29(40-24-27)25-44-16-20-49-21-17-44/h4-11,22-24H,12-21,25-26H2,1-3H3,(H2,41,42,47). The number of nitrogens with one attached hydrogen (secondary N) is 2. The van der Waals surface area contributed by atoms with Crippen LogP contribution in [-0.4, -0.2) is 99.0 Å². The van der Waals surface area contributed by atoms with E-state index >= 15 is 0 Å². The number of pyridine rings is 1. The van der Waals surface area contributed by atoms with Gasteiger partial charge in [0.1, 0.15) is 0 Å². The minimum Gasteiger partial charge on any atom is -0.479 e. The van der Waals surface area contributed by atoms with Gasteiger partial charge in [-0.05, 0) is 46.2 Å². The fourth-order valence-corrected chi connectivity index (χ4v) is 6.75. The number of amides is 3. The van der Waals surface area contributed by atoms with Crippen LogP contribution in [-0.2, 0) is 26.2 Å². The van der Waals surface area contributed by atoms with Gasteiger partial charge in [-0.25, -0.2) is 4.79 Å².